The minimum atomic E-state index is -0.790. The molecule has 1 saturated heterocycles. The van der Waals surface area contributed by atoms with E-state index in [1.165, 1.54) is 0 Å². The average molecular weight is 585 g/mol. The monoisotopic (exact) mass is 584 g/mol. The molecule has 5 rings (SSSR count). The predicted octanol–water partition coefficient (Wildman–Crippen LogP) is 5.75. The van der Waals surface area contributed by atoms with E-state index in [1.54, 1.807) is 11.0 Å². The predicted molar refractivity (Wildman–Crippen MR) is 165 cm³/mol. The molecule has 0 radical (unpaired) electrons. The van der Waals surface area contributed by atoms with Gasteiger partial charge in [-0.25, -0.2) is 0 Å². The Morgan fingerprint density at radius 2 is 1.74 bits per heavy atom. The fourth-order valence-electron chi connectivity index (χ4n) is 5.79. The first-order valence-corrected chi connectivity index (χ1v) is 15.1. The van der Waals surface area contributed by atoms with Gasteiger partial charge in [0.15, 0.2) is 11.5 Å². The third kappa shape index (κ3) is 6.39. The molecule has 0 bridgehead atoms. The molecule has 1 N–H and O–H groups in total. The molecule has 2 atom stereocenters. The van der Waals surface area contributed by atoms with Gasteiger partial charge in [0.1, 0.15) is 24.2 Å². The quantitative estimate of drug-likeness (QED) is 0.165. The molecule has 1 amide bonds. The molecule has 3 aromatic rings. The second-order valence-corrected chi connectivity index (χ2v) is 10.9. The number of hydrogen-bond donors (Lipinski definition) is 1. The number of Topliss-reactive ketones (excluding diaryl/α,β-unsaturated/α-hetero) is 1. The molecule has 226 valence electrons. The largest absolute Gasteiger partial charge is 0.507 e. The Hall–Kier alpha value is -4.30. The van der Waals surface area contributed by atoms with E-state index in [0.29, 0.717) is 55.4 Å². The third-order valence-corrected chi connectivity index (χ3v) is 8.08. The van der Waals surface area contributed by atoms with Gasteiger partial charge >= 0.3 is 0 Å². The summed E-state index contributed by atoms with van der Waals surface area (Å²) < 4.78 is 17.9. The maximum atomic E-state index is 13.6. The van der Waals surface area contributed by atoms with E-state index in [1.807, 2.05) is 74.5 Å². The van der Waals surface area contributed by atoms with E-state index in [0.717, 1.165) is 30.0 Å². The molecule has 3 aromatic carbocycles. The molecule has 0 aliphatic carbocycles. The number of aliphatic hydroxyl groups excluding tert-OH is 1. The fraction of sp³-hybridized carbons (Fsp3) is 0.371. The van der Waals surface area contributed by atoms with Crippen LogP contribution in [0.5, 0.6) is 17.2 Å². The average Bonchev–Trinajstić information content (AvgIpc) is 3.52. The van der Waals surface area contributed by atoms with Crippen LogP contribution < -0.4 is 14.2 Å². The lowest BCUT2D eigenvalue weighted by molar-refractivity contribution is -0.140. The van der Waals surface area contributed by atoms with E-state index in [2.05, 4.69) is 18.7 Å². The highest BCUT2D eigenvalue weighted by molar-refractivity contribution is 6.46. The first-order chi connectivity index (χ1) is 20.8. The summed E-state index contributed by atoms with van der Waals surface area (Å²) in [5.74, 6) is 0.316. The van der Waals surface area contributed by atoms with Gasteiger partial charge in [0.2, 0.25) is 0 Å². The number of amides is 1. The number of carbonyl (C=O) groups is 2. The van der Waals surface area contributed by atoms with Gasteiger partial charge in [-0.15, -0.1) is 0 Å². The van der Waals surface area contributed by atoms with Crippen LogP contribution >= 0.6 is 0 Å². The number of likely N-dealkylation sites (N-methyl/N-ethyl adjacent to an activating group) is 1. The summed E-state index contributed by atoms with van der Waals surface area (Å²) in [5, 5.41) is 11.6. The molecule has 1 fully saturated rings. The highest BCUT2D eigenvalue weighted by atomic mass is 16.5. The van der Waals surface area contributed by atoms with Crippen molar-refractivity contribution in [2.24, 2.45) is 0 Å². The number of ether oxygens (including phenoxy) is 3. The number of nitrogens with zero attached hydrogens (tertiary/aromatic N) is 2. The van der Waals surface area contributed by atoms with Crippen molar-refractivity contribution in [2.75, 3.05) is 32.8 Å². The van der Waals surface area contributed by atoms with Crippen LogP contribution in [0.3, 0.4) is 0 Å². The fourth-order valence-corrected chi connectivity index (χ4v) is 5.79. The molecule has 0 saturated carbocycles. The van der Waals surface area contributed by atoms with E-state index in [4.69, 9.17) is 14.2 Å². The summed E-state index contributed by atoms with van der Waals surface area (Å²) in [6.45, 7) is 11.4. The van der Waals surface area contributed by atoms with Crippen LogP contribution in [-0.2, 0) is 22.6 Å². The lowest BCUT2D eigenvalue weighted by Crippen LogP contribution is -2.38. The zero-order valence-corrected chi connectivity index (χ0v) is 25.3. The standard InChI is InChI=1S/C35H40N2O6/c1-5-36(6-2)17-18-37-32(25-13-16-29(30(21-25)41-7-3)42-22-24-11-9-8-10-12-24)31(34(39)35(37)40)33(38)26-14-15-28-27(20-26)19-23(4)43-28/h8-16,20-21,23,32,38H,5-7,17-19,22H2,1-4H3/b33-31+/t23-,32-/m0/s1. The lowest BCUT2D eigenvalue weighted by Gasteiger charge is -2.28. The molecule has 8 nitrogen and oxygen atoms in total. The molecule has 43 heavy (non-hydrogen) atoms. The van der Waals surface area contributed by atoms with Crippen LogP contribution in [-0.4, -0.2) is 65.5 Å². The number of fused-ring (bicyclic) bond motifs is 1. The second-order valence-electron chi connectivity index (χ2n) is 10.9. The topological polar surface area (TPSA) is 88.5 Å². The normalized spacial score (nSPS) is 19.0. The maximum Gasteiger partial charge on any atom is 0.295 e. The summed E-state index contributed by atoms with van der Waals surface area (Å²) in [4.78, 5) is 30.9. The summed E-state index contributed by atoms with van der Waals surface area (Å²) in [5.41, 5.74) is 3.19. The maximum absolute atomic E-state index is 13.6. The molecule has 2 aliphatic heterocycles. The van der Waals surface area contributed by atoms with Gasteiger partial charge in [0.25, 0.3) is 11.7 Å². The van der Waals surface area contributed by atoms with Gasteiger partial charge in [0, 0.05) is 25.1 Å². The van der Waals surface area contributed by atoms with Crippen molar-refractivity contribution < 1.29 is 28.9 Å². The number of ketones is 1. The first kappa shape index (κ1) is 30.2. The Kier molecular flexibility index (Phi) is 9.36. The first-order valence-electron chi connectivity index (χ1n) is 15.1. The van der Waals surface area contributed by atoms with Crippen molar-refractivity contribution >= 4 is 17.4 Å². The van der Waals surface area contributed by atoms with E-state index in [-0.39, 0.29) is 17.4 Å². The second kappa shape index (κ2) is 13.3. The molecule has 2 heterocycles. The molecule has 8 heteroatoms. The van der Waals surface area contributed by atoms with Crippen molar-refractivity contribution in [1.29, 1.82) is 0 Å². The minimum absolute atomic E-state index is 0.0395. The lowest BCUT2D eigenvalue weighted by atomic mass is 9.94. The van der Waals surface area contributed by atoms with Gasteiger partial charge in [-0.05, 0) is 74.0 Å². The van der Waals surface area contributed by atoms with E-state index >= 15 is 0 Å². The van der Waals surface area contributed by atoms with E-state index in [9.17, 15) is 14.7 Å². The number of rotatable bonds is 12. The SMILES string of the molecule is CCOc1cc([C@H]2/C(=C(\O)c3ccc4c(c3)C[C@H](C)O4)C(=O)C(=O)N2CCN(CC)CC)ccc1OCc1ccccc1. The van der Waals surface area contributed by atoms with Crippen molar-refractivity contribution in [3.8, 4) is 17.2 Å². The van der Waals surface area contributed by atoms with Crippen molar-refractivity contribution in [2.45, 2.75) is 52.9 Å². The van der Waals surface area contributed by atoms with Gasteiger partial charge in [0.05, 0.1) is 18.2 Å². The molecular formula is C35H40N2O6. The van der Waals surface area contributed by atoms with Gasteiger partial charge in [-0.2, -0.15) is 0 Å². The number of aliphatic hydroxyl groups is 1. The third-order valence-electron chi connectivity index (χ3n) is 8.08. The molecule has 0 spiro atoms. The molecule has 2 aliphatic rings. The summed E-state index contributed by atoms with van der Waals surface area (Å²) in [7, 11) is 0. The van der Waals surface area contributed by atoms with Gasteiger partial charge in [-0.3, -0.25) is 9.59 Å². The van der Waals surface area contributed by atoms with Gasteiger partial charge in [-0.1, -0.05) is 50.2 Å². The van der Waals surface area contributed by atoms with E-state index < -0.39 is 17.7 Å². The Morgan fingerprint density at radius 3 is 2.47 bits per heavy atom. The highest BCUT2D eigenvalue weighted by Crippen LogP contribution is 2.43. The van der Waals surface area contributed by atoms with Crippen LogP contribution in [0.2, 0.25) is 0 Å². The highest BCUT2D eigenvalue weighted by Gasteiger charge is 2.46. The Labute approximate surface area is 253 Å². The van der Waals surface area contributed by atoms with Gasteiger partial charge < -0.3 is 29.1 Å². The van der Waals surface area contributed by atoms with Crippen LogP contribution in [0.15, 0.2) is 72.3 Å². The number of likely N-dealkylation sites (tertiary alicyclic amines) is 1. The zero-order chi connectivity index (χ0) is 30.5. The number of benzene rings is 3. The number of hydrogen-bond acceptors (Lipinski definition) is 7. The molecular weight excluding hydrogens is 544 g/mol. The minimum Gasteiger partial charge on any atom is -0.507 e. The van der Waals surface area contributed by atoms with Crippen LogP contribution in [0.1, 0.15) is 56.0 Å². The van der Waals surface area contributed by atoms with Crippen molar-refractivity contribution in [1.82, 2.24) is 9.80 Å². The Morgan fingerprint density at radius 1 is 0.977 bits per heavy atom. The number of carbonyl (C=O) groups excluding carboxylic acids is 2. The van der Waals surface area contributed by atoms with Crippen LogP contribution in [0, 0.1) is 0 Å². The van der Waals surface area contributed by atoms with Crippen LogP contribution in [0.4, 0.5) is 0 Å². The molecule has 0 unspecified atom stereocenters. The summed E-state index contributed by atoms with van der Waals surface area (Å²) in [6, 6.07) is 19.9. The smallest absolute Gasteiger partial charge is 0.295 e. The Bertz CT molecular complexity index is 1500. The van der Waals surface area contributed by atoms with Crippen LogP contribution in [0.25, 0.3) is 5.76 Å². The zero-order valence-electron chi connectivity index (χ0n) is 25.3. The Balaban J connectivity index is 1.55. The van der Waals surface area contributed by atoms with Crippen molar-refractivity contribution in [3.63, 3.8) is 0 Å². The summed E-state index contributed by atoms with van der Waals surface area (Å²) >= 11 is 0. The summed E-state index contributed by atoms with van der Waals surface area (Å²) in [6.07, 6.45) is 0.748. The van der Waals surface area contributed by atoms with Crippen molar-refractivity contribution in [3.05, 3.63) is 94.6 Å². The molecule has 0 aromatic heterocycles.